The third-order valence-corrected chi connectivity index (χ3v) is 3.89. The fraction of sp³-hybridized carbons (Fsp3) is 0.263. The van der Waals surface area contributed by atoms with Crippen LogP contribution in [0, 0.1) is 12.8 Å². The lowest BCUT2D eigenvalue weighted by Crippen LogP contribution is -2.28. The van der Waals surface area contributed by atoms with Crippen molar-refractivity contribution in [1.82, 2.24) is 0 Å². The number of benzene rings is 2. The summed E-state index contributed by atoms with van der Waals surface area (Å²) in [5, 5.41) is 0. The molecule has 0 aliphatic carbocycles. The van der Waals surface area contributed by atoms with E-state index < -0.39 is 5.92 Å². The van der Waals surface area contributed by atoms with Crippen LogP contribution in [0.2, 0.25) is 0 Å². The third-order valence-electron chi connectivity index (χ3n) is 3.89. The van der Waals surface area contributed by atoms with Crippen molar-refractivity contribution in [3.63, 3.8) is 0 Å². The van der Waals surface area contributed by atoms with Crippen LogP contribution in [0.1, 0.15) is 36.5 Å². The molecule has 0 aromatic heterocycles. The van der Waals surface area contributed by atoms with Gasteiger partial charge in [-0.2, -0.15) is 0 Å². The summed E-state index contributed by atoms with van der Waals surface area (Å²) in [6.07, 6.45) is 0. The number of rotatable bonds is 5. The summed E-state index contributed by atoms with van der Waals surface area (Å²) in [5.74, 6) is -1.02. The molecular formula is C19H20O2. The second kappa shape index (κ2) is 6.49. The van der Waals surface area contributed by atoms with Crippen molar-refractivity contribution in [3.05, 3.63) is 71.3 Å². The SMILES string of the molecule is CC(=O)C(C(C)=O)C(c1ccccc1)c1ccccc1C. The van der Waals surface area contributed by atoms with E-state index in [1.54, 1.807) is 0 Å². The van der Waals surface area contributed by atoms with E-state index in [1.807, 2.05) is 61.5 Å². The van der Waals surface area contributed by atoms with Gasteiger partial charge in [0.25, 0.3) is 0 Å². The van der Waals surface area contributed by atoms with Gasteiger partial charge in [-0.25, -0.2) is 0 Å². The summed E-state index contributed by atoms with van der Waals surface area (Å²) in [5.41, 5.74) is 3.14. The first-order valence-corrected chi connectivity index (χ1v) is 7.13. The highest BCUT2D eigenvalue weighted by atomic mass is 16.1. The summed E-state index contributed by atoms with van der Waals surface area (Å²) in [7, 11) is 0. The fourth-order valence-electron chi connectivity index (χ4n) is 2.90. The zero-order valence-electron chi connectivity index (χ0n) is 12.7. The average molecular weight is 280 g/mol. The molecule has 0 saturated carbocycles. The van der Waals surface area contributed by atoms with Gasteiger partial charge in [0.15, 0.2) is 0 Å². The quantitative estimate of drug-likeness (QED) is 0.778. The topological polar surface area (TPSA) is 34.1 Å². The Labute approximate surface area is 125 Å². The minimum absolute atomic E-state index is 0.0837. The number of ketones is 2. The van der Waals surface area contributed by atoms with Gasteiger partial charge in [-0.15, -0.1) is 0 Å². The molecule has 0 amide bonds. The normalized spacial score (nSPS) is 12.2. The summed E-state index contributed by atoms with van der Waals surface area (Å²) in [6, 6.07) is 17.7. The zero-order valence-corrected chi connectivity index (χ0v) is 12.7. The number of aryl methyl sites for hydroxylation is 1. The van der Waals surface area contributed by atoms with Gasteiger partial charge >= 0.3 is 0 Å². The first kappa shape index (κ1) is 15.2. The van der Waals surface area contributed by atoms with Gasteiger partial charge in [0, 0.05) is 5.92 Å². The van der Waals surface area contributed by atoms with Crippen molar-refractivity contribution < 1.29 is 9.59 Å². The number of Topliss-reactive ketones (excluding diaryl/α,β-unsaturated/α-hetero) is 2. The largest absolute Gasteiger partial charge is 0.299 e. The number of hydrogen-bond acceptors (Lipinski definition) is 2. The highest BCUT2D eigenvalue weighted by Gasteiger charge is 2.32. The molecule has 0 N–H and O–H groups in total. The molecule has 1 atom stereocenters. The summed E-state index contributed by atoms with van der Waals surface area (Å²) < 4.78 is 0. The first-order chi connectivity index (χ1) is 10.0. The number of carbonyl (C=O) groups excluding carboxylic acids is 2. The maximum Gasteiger partial charge on any atom is 0.141 e. The van der Waals surface area contributed by atoms with Crippen LogP contribution in [0.4, 0.5) is 0 Å². The Kier molecular flexibility index (Phi) is 4.69. The summed E-state index contributed by atoms with van der Waals surface area (Å²) in [6.45, 7) is 5.02. The third kappa shape index (κ3) is 3.27. The maximum absolute atomic E-state index is 12.1. The van der Waals surface area contributed by atoms with Gasteiger partial charge in [-0.05, 0) is 37.5 Å². The molecule has 0 radical (unpaired) electrons. The number of carbonyl (C=O) groups is 2. The lowest BCUT2D eigenvalue weighted by atomic mass is 9.76. The molecule has 2 heteroatoms. The zero-order chi connectivity index (χ0) is 15.4. The number of hydrogen-bond donors (Lipinski definition) is 0. The highest BCUT2D eigenvalue weighted by Crippen LogP contribution is 2.35. The lowest BCUT2D eigenvalue weighted by Gasteiger charge is -2.25. The van der Waals surface area contributed by atoms with Gasteiger partial charge < -0.3 is 0 Å². The fourth-order valence-corrected chi connectivity index (χ4v) is 2.90. The molecule has 21 heavy (non-hydrogen) atoms. The van der Waals surface area contributed by atoms with Crippen LogP contribution in [0.25, 0.3) is 0 Å². The van der Waals surface area contributed by atoms with Gasteiger partial charge in [0.1, 0.15) is 11.6 Å². The van der Waals surface area contributed by atoms with Gasteiger partial charge in [-0.3, -0.25) is 9.59 Å². The van der Waals surface area contributed by atoms with Crippen molar-refractivity contribution in [2.75, 3.05) is 0 Å². The van der Waals surface area contributed by atoms with E-state index in [4.69, 9.17) is 0 Å². The Morgan fingerprint density at radius 1 is 0.810 bits per heavy atom. The van der Waals surface area contributed by atoms with Crippen molar-refractivity contribution in [2.45, 2.75) is 26.7 Å². The van der Waals surface area contributed by atoms with Crippen LogP contribution in [0.5, 0.6) is 0 Å². The molecule has 0 aliphatic heterocycles. The Bertz CT molecular complexity index is 630. The van der Waals surface area contributed by atoms with E-state index in [0.29, 0.717) is 0 Å². The van der Waals surface area contributed by atoms with Crippen LogP contribution in [-0.4, -0.2) is 11.6 Å². The van der Waals surface area contributed by atoms with Gasteiger partial charge in [0.2, 0.25) is 0 Å². The lowest BCUT2D eigenvalue weighted by molar-refractivity contribution is -0.130. The standard InChI is InChI=1S/C19H20O2/c1-13-9-7-8-12-17(13)19(16-10-5-4-6-11-16)18(14(2)20)15(3)21/h4-12,18-19H,1-3H3. The predicted molar refractivity (Wildman–Crippen MR) is 84.3 cm³/mol. The minimum Gasteiger partial charge on any atom is -0.299 e. The molecule has 0 saturated heterocycles. The molecule has 2 nitrogen and oxygen atoms in total. The molecule has 2 aromatic rings. The maximum atomic E-state index is 12.1. The Balaban J connectivity index is 2.63. The van der Waals surface area contributed by atoms with E-state index in [1.165, 1.54) is 13.8 Å². The van der Waals surface area contributed by atoms with Crippen molar-refractivity contribution in [3.8, 4) is 0 Å². The molecular weight excluding hydrogens is 260 g/mol. The van der Waals surface area contributed by atoms with Crippen LogP contribution in [0.3, 0.4) is 0 Å². The average Bonchev–Trinajstić information content (AvgIpc) is 2.45. The van der Waals surface area contributed by atoms with Crippen molar-refractivity contribution in [2.24, 2.45) is 5.92 Å². The summed E-state index contributed by atoms with van der Waals surface area (Å²) >= 11 is 0. The Morgan fingerprint density at radius 3 is 1.86 bits per heavy atom. The molecule has 1 unspecified atom stereocenters. The van der Waals surface area contributed by atoms with E-state index in [0.717, 1.165) is 16.7 Å². The van der Waals surface area contributed by atoms with Crippen molar-refractivity contribution >= 4 is 11.6 Å². The molecule has 0 aliphatic rings. The van der Waals surface area contributed by atoms with Crippen molar-refractivity contribution in [1.29, 1.82) is 0 Å². The second-order valence-corrected chi connectivity index (χ2v) is 5.44. The van der Waals surface area contributed by atoms with E-state index in [9.17, 15) is 9.59 Å². The van der Waals surface area contributed by atoms with Crippen LogP contribution >= 0.6 is 0 Å². The van der Waals surface area contributed by atoms with Gasteiger partial charge in [-0.1, -0.05) is 54.6 Å². The van der Waals surface area contributed by atoms with Crippen LogP contribution in [0.15, 0.2) is 54.6 Å². The van der Waals surface area contributed by atoms with Crippen LogP contribution in [-0.2, 0) is 9.59 Å². The van der Waals surface area contributed by atoms with E-state index in [2.05, 4.69) is 0 Å². The molecule has 0 bridgehead atoms. The second-order valence-electron chi connectivity index (χ2n) is 5.44. The molecule has 108 valence electrons. The van der Waals surface area contributed by atoms with Crippen LogP contribution < -0.4 is 0 Å². The molecule has 2 rings (SSSR count). The highest BCUT2D eigenvalue weighted by molar-refractivity contribution is 6.01. The molecule has 0 spiro atoms. The van der Waals surface area contributed by atoms with E-state index in [-0.39, 0.29) is 17.5 Å². The predicted octanol–water partition coefficient (Wildman–Crippen LogP) is 3.92. The monoisotopic (exact) mass is 280 g/mol. The van der Waals surface area contributed by atoms with E-state index >= 15 is 0 Å². The van der Waals surface area contributed by atoms with Gasteiger partial charge in [0.05, 0.1) is 5.92 Å². The molecule has 0 fully saturated rings. The molecule has 2 aromatic carbocycles. The smallest absolute Gasteiger partial charge is 0.141 e. The first-order valence-electron chi connectivity index (χ1n) is 7.13. The molecule has 0 heterocycles. The minimum atomic E-state index is -0.631. The summed E-state index contributed by atoms with van der Waals surface area (Å²) in [4.78, 5) is 24.1. The Hall–Kier alpha value is -2.22. The Morgan fingerprint density at radius 2 is 1.33 bits per heavy atom.